The van der Waals surface area contributed by atoms with Gasteiger partial charge in [-0.2, -0.15) is 0 Å². The van der Waals surface area contributed by atoms with Crippen LogP contribution in [-0.4, -0.2) is 65.1 Å². The van der Waals surface area contributed by atoms with E-state index in [1.165, 1.54) is 0 Å². The third kappa shape index (κ3) is 6.93. The van der Waals surface area contributed by atoms with Crippen LogP contribution in [0.15, 0.2) is 36.5 Å². The van der Waals surface area contributed by atoms with E-state index in [0.29, 0.717) is 55.4 Å². The fourth-order valence-corrected chi connectivity index (χ4v) is 5.36. The summed E-state index contributed by atoms with van der Waals surface area (Å²) < 4.78 is 0. The highest BCUT2D eigenvalue weighted by molar-refractivity contribution is 6.30. The molecule has 5 rings (SSSR count). The number of pyridine rings is 1. The molecule has 0 spiro atoms. The Labute approximate surface area is 223 Å². The number of amides is 2. The van der Waals surface area contributed by atoms with E-state index >= 15 is 0 Å². The van der Waals surface area contributed by atoms with Crippen molar-refractivity contribution >= 4 is 34.9 Å². The maximum atomic E-state index is 12.8. The van der Waals surface area contributed by atoms with Crippen LogP contribution in [0.4, 0.5) is 11.5 Å². The van der Waals surface area contributed by atoms with E-state index in [4.69, 9.17) is 16.6 Å². The van der Waals surface area contributed by atoms with Gasteiger partial charge in [-0.1, -0.05) is 23.7 Å². The fraction of sp³-hybridized carbons (Fsp3) is 0.536. The van der Waals surface area contributed by atoms with Crippen molar-refractivity contribution in [2.45, 2.75) is 63.6 Å². The monoisotopic (exact) mass is 525 g/mol. The van der Waals surface area contributed by atoms with Crippen molar-refractivity contribution in [2.75, 3.05) is 36.4 Å². The van der Waals surface area contributed by atoms with Crippen LogP contribution in [0.5, 0.6) is 0 Å². The molecule has 1 aromatic carbocycles. The predicted molar refractivity (Wildman–Crippen MR) is 145 cm³/mol. The van der Waals surface area contributed by atoms with Gasteiger partial charge in [0.2, 0.25) is 5.91 Å². The van der Waals surface area contributed by atoms with Gasteiger partial charge in [0.15, 0.2) is 5.82 Å². The Kier molecular flexibility index (Phi) is 8.15. The summed E-state index contributed by atoms with van der Waals surface area (Å²) in [6, 6.07) is 9.90. The number of nitrogens with one attached hydrogen (secondary N) is 2. The molecule has 9 heteroatoms. The van der Waals surface area contributed by atoms with Crippen LogP contribution in [0, 0.1) is 5.92 Å². The van der Waals surface area contributed by atoms with Gasteiger partial charge in [0.1, 0.15) is 0 Å². The molecule has 0 radical (unpaired) electrons. The number of halogens is 1. The van der Waals surface area contributed by atoms with Crippen LogP contribution in [0.1, 0.15) is 60.9 Å². The molecule has 8 nitrogen and oxygen atoms in total. The quantitative estimate of drug-likeness (QED) is 0.484. The van der Waals surface area contributed by atoms with E-state index in [1.807, 2.05) is 35.2 Å². The van der Waals surface area contributed by atoms with Crippen LogP contribution in [0.3, 0.4) is 0 Å². The first-order chi connectivity index (χ1) is 17.9. The van der Waals surface area contributed by atoms with Crippen molar-refractivity contribution in [2.24, 2.45) is 5.92 Å². The largest absolute Gasteiger partial charge is 0.393 e. The number of rotatable bonds is 8. The lowest BCUT2D eigenvalue weighted by atomic mass is 9.92. The van der Waals surface area contributed by atoms with Crippen molar-refractivity contribution in [3.05, 3.63) is 52.7 Å². The van der Waals surface area contributed by atoms with Crippen LogP contribution in [-0.2, 0) is 11.3 Å². The maximum Gasteiger partial charge on any atom is 0.253 e. The number of nitrogens with zero attached hydrogens (tertiary/aromatic N) is 3. The zero-order valence-electron chi connectivity index (χ0n) is 21.2. The van der Waals surface area contributed by atoms with Crippen LogP contribution >= 0.6 is 11.6 Å². The third-order valence-electron chi connectivity index (χ3n) is 7.61. The molecule has 198 valence electrons. The van der Waals surface area contributed by atoms with E-state index in [1.54, 1.807) is 6.20 Å². The normalized spacial score (nSPS) is 19.1. The van der Waals surface area contributed by atoms with Crippen molar-refractivity contribution in [1.82, 2.24) is 15.2 Å². The summed E-state index contributed by atoms with van der Waals surface area (Å²) in [7, 11) is 0. The zero-order valence-corrected chi connectivity index (χ0v) is 21.9. The van der Waals surface area contributed by atoms with Gasteiger partial charge >= 0.3 is 0 Å². The van der Waals surface area contributed by atoms with E-state index in [-0.39, 0.29) is 24.0 Å². The Morgan fingerprint density at radius 3 is 2.49 bits per heavy atom. The molecule has 2 aromatic rings. The highest BCUT2D eigenvalue weighted by Crippen LogP contribution is 2.31. The molecule has 1 aromatic heterocycles. The lowest BCUT2D eigenvalue weighted by molar-refractivity contribution is -0.134. The second kappa shape index (κ2) is 11.7. The Morgan fingerprint density at radius 2 is 1.78 bits per heavy atom. The number of aromatic nitrogens is 1. The van der Waals surface area contributed by atoms with Gasteiger partial charge in [0.05, 0.1) is 17.4 Å². The fourth-order valence-electron chi connectivity index (χ4n) is 5.14. The standard InChI is InChI=1S/C28H36ClN5O3/c29-22-3-1-2-20(14-22)17-30-25-16-21(28(37)32-23-4-5-23)18-31-27(25)34-10-6-19(7-11-34)15-26(36)33-12-8-24(35)9-13-33/h1-3,14,16,18-19,23-24,30,35H,4-13,15,17H2,(H,32,37). The Bertz CT molecular complexity index is 1110. The number of carbonyl (C=O) groups excluding carboxylic acids is 2. The Balaban J connectivity index is 1.23. The molecule has 1 saturated carbocycles. The molecule has 2 aliphatic heterocycles. The lowest BCUT2D eigenvalue weighted by Gasteiger charge is -2.35. The molecular formula is C28H36ClN5O3. The molecule has 3 heterocycles. The van der Waals surface area contributed by atoms with Gasteiger partial charge < -0.3 is 25.5 Å². The first kappa shape index (κ1) is 25.8. The summed E-state index contributed by atoms with van der Waals surface area (Å²) >= 11 is 6.17. The molecule has 0 atom stereocenters. The summed E-state index contributed by atoms with van der Waals surface area (Å²) in [4.78, 5) is 34.3. The highest BCUT2D eigenvalue weighted by Gasteiger charge is 2.28. The summed E-state index contributed by atoms with van der Waals surface area (Å²) in [5, 5.41) is 16.9. The highest BCUT2D eigenvalue weighted by atomic mass is 35.5. The first-order valence-corrected chi connectivity index (χ1v) is 13.8. The molecule has 0 unspecified atom stereocenters. The molecule has 3 aliphatic rings. The minimum atomic E-state index is -0.271. The predicted octanol–water partition coefficient (Wildman–Crippen LogP) is 3.83. The van der Waals surface area contributed by atoms with Crippen LogP contribution in [0.25, 0.3) is 0 Å². The summed E-state index contributed by atoms with van der Waals surface area (Å²) in [6.07, 6.45) is 7.22. The first-order valence-electron chi connectivity index (χ1n) is 13.4. The summed E-state index contributed by atoms with van der Waals surface area (Å²) in [5.74, 6) is 1.30. The van der Waals surface area contributed by atoms with Gasteiger partial charge in [0.25, 0.3) is 5.91 Å². The van der Waals surface area contributed by atoms with E-state index in [0.717, 1.165) is 55.8 Å². The maximum absolute atomic E-state index is 12.8. The van der Waals surface area contributed by atoms with Gasteiger partial charge in [-0.05, 0) is 68.2 Å². The smallest absolute Gasteiger partial charge is 0.253 e. The van der Waals surface area contributed by atoms with E-state index < -0.39 is 0 Å². The van der Waals surface area contributed by atoms with Crippen LogP contribution in [0.2, 0.25) is 5.02 Å². The van der Waals surface area contributed by atoms with Gasteiger partial charge in [-0.15, -0.1) is 0 Å². The third-order valence-corrected chi connectivity index (χ3v) is 7.84. The number of carbonyl (C=O) groups is 2. The summed E-state index contributed by atoms with van der Waals surface area (Å²) in [6.45, 7) is 3.50. The molecule has 37 heavy (non-hydrogen) atoms. The van der Waals surface area contributed by atoms with Crippen molar-refractivity contribution in [3.63, 3.8) is 0 Å². The number of aliphatic hydroxyl groups is 1. The average molecular weight is 526 g/mol. The van der Waals surface area contributed by atoms with E-state index in [2.05, 4.69) is 15.5 Å². The Morgan fingerprint density at radius 1 is 1.03 bits per heavy atom. The van der Waals surface area contributed by atoms with Crippen LogP contribution < -0.4 is 15.5 Å². The number of aliphatic hydroxyl groups excluding tert-OH is 1. The molecule has 2 saturated heterocycles. The van der Waals surface area contributed by atoms with Gasteiger partial charge in [-0.3, -0.25) is 9.59 Å². The van der Waals surface area contributed by atoms with Crippen molar-refractivity contribution in [3.8, 4) is 0 Å². The SMILES string of the molecule is O=C(NC1CC1)c1cnc(N2CCC(CC(=O)N3CCC(O)CC3)CC2)c(NCc2cccc(Cl)c2)c1. The second-order valence-corrected chi connectivity index (χ2v) is 11.0. The van der Waals surface area contributed by atoms with E-state index in [9.17, 15) is 14.7 Å². The number of hydrogen-bond acceptors (Lipinski definition) is 6. The second-order valence-electron chi connectivity index (χ2n) is 10.6. The molecule has 3 fully saturated rings. The average Bonchev–Trinajstić information content (AvgIpc) is 3.72. The summed E-state index contributed by atoms with van der Waals surface area (Å²) in [5.41, 5.74) is 2.43. The number of benzene rings is 1. The minimum absolute atomic E-state index is 0.0881. The topological polar surface area (TPSA) is 97.8 Å². The molecule has 2 amide bonds. The minimum Gasteiger partial charge on any atom is -0.393 e. The van der Waals surface area contributed by atoms with Crippen molar-refractivity contribution in [1.29, 1.82) is 0 Å². The molecule has 0 bridgehead atoms. The molecule has 3 N–H and O–H groups in total. The van der Waals surface area contributed by atoms with Gasteiger partial charge in [0, 0.05) is 56.4 Å². The number of anilines is 2. The number of likely N-dealkylation sites (tertiary alicyclic amines) is 1. The Hall–Kier alpha value is -2.84. The van der Waals surface area contributed by atoms with Crippen molar-refractivity contribution < 1.29 is 14.7 Å². The zero-order chi connectivity index (χ0) is 25.8. The number of hydrogen-bond donors (Lipinski definition) is 3. The molecule has 1 aliphatic carbocycles. The lowest BCUT2D eigenvalue weighted by Crippen LogP contribution is -2.42. The molecular weight excluding hydrogens is 490 g/mol. The number of piperidine rings is 2. The van der Waals surface area contributed by atoms with Gasteiger partial charge in [-0.25, -0.2) is 4.98 Å².